The smallest absolute Gasteiger partial charge is 0.469 e. The van der Waals surface area contributed by atoms with Crippen molar-refractivity contribution in [2.45, 2.75) is 27.1 Å². The fourth-order valence-electron chi connectivity index (χ4n) is 2.56. The van der Waals surface area contributed by atoms with Gasteiger partial charge in [-0.3, -0.25) is 29.0 Å². The van der Waals surface area contributed by atoms with Crippen LogP contribution in [0.25, 0.3) is 0 Å². The predicted octanol–water partition coefficient (Wildman–Crippen LogP) is 1.14. The normalized spacial score (nSPS) is 12.1. The summed E-state index contributed by atoms with van der Waals surface area (Å²) in [5.41, 5.74) is 1.37. The number of aromatic nitrogens is 2. The third kappa shape index (κ3) is 11.0. The molecule has 2 aromatic rings. The molecule has 2 aromatic heterocycles. The molecule has 0 spiro atoms. The number of hydrogen-bond donors (Lipinski definition) is 6. The molecule has 0 bridgehead atoms. The molecule has 0 unspecified atom stereocenters. The monoisotopic (exact) mass is 585 g/mol. The van der Waals surface area contributed by atoms with E-state index in [1.807, 2.05) is 0 Å². The molecule has 15 nitrogen and oxygen atoms in total. The third-order valence-corrected chi connectivity index (χ3v) is 5.22. The van der Waals surface area contributed by atoms with Crippen molar-refractivity contribution in [3.63, 3.8) is 0 Å². The van der Waals surface area contributed by atoms with Crippen molar-refractivity contribution in [2.24, 2.45) is 9.98 Å². The molecule has 0 atom stereocenters. The van der Waals surface area contributed by atoms with E-state index in [0.29, 0.717) is 0 Å². The standard InChI is InChI=1S/C18H24N4O10P2.O.V/c1-11-17(23)15(13(5-21-11)9-31-33(25,26)27)7-19-3-4-20-8-16-14(10-32-34(28,29)30)6-22-12(2)18(16)24;;/h5-8,23-24H,3-4,9-10H2,1-2H3,(H2,25,26,27)(H2,28,29,30);;/q;-2;. The number of phosphoric ester groups is 2. The molecule has 2 rings (SSSR count). The summed E-state index contributed by atoms with van der Waals surface area (Å²) in [4.78, 5) is 51.6. The third-order valence-electron chi connectivity index (χ3n) is 4.29. The number of aryl methyl sites for hydroxylation is 2. The van der Waals surface area contributed by atoms with Crippen LogP contribution in [0, 0.1) is 13.8 Å². The summed E-state index contributed by atoms with van der Waals surface area (Å²) in [6.45, 7) is 2.36. The fraction of sp³-hybridized carbons (Fsp3) is 0.333. The molecule has 6 N–H and O–H groups in total. The first kappa shape index (κ1) is 34.0. The van der Waals surface area contributed by atoms with Crippen LogP contribution in [0.3, 0.4) is 0 Å². The Bertz CT molecular complexity index is 1090. The van der Waals surface area contributed by atoms with Crippen molar-refractivity contribution in [3.8, 4) is 11.5 Å². The van der Waals surface area contributed by atoms with Crippen LogP contribution in [0.5, 0.6) is 11.5 Å². The minimum Gasteiger partial charge on any atom is -2.00 e. The molecule has 2 heterocycles. The zero-order valence-corrected chi connectivity index (χ0v) is 22.2. The largest absolute Gasteiger partial charge is 2.00 e. The summed E-state index contributed by atoms with van der Waals surface area (Å²) in [5, 5.41) is 20.4. The van der Waals surface area contributed by atoms with Crippen LogP contribution in [0.4, 0.5) is 0 Å². The summed E-state index contributed by atoms with van der Waals surface area (Å²) in [5.74, 6) is -0.433. The molecule has 0 saturated heterocycles. The molecular weight excluding hydrogens is 561 g/mol. The molecule has 0 amide bonds. The zero-order chi connectivity index (χ0) is 25.5. The summed E-state index contributed by atoms with van der Waals surface area (Å²) in [6.07, 6.45) is 5.20. The van der Waals surface area contributed by atoms with Crippen molar-refractivity contribution < 1.29 is 72.0 Å². The summed E-state index contributed by atoms with van der Waals surface area (Å²) < 4.78 is 30.8. The first-order valence-corrected chi connectivity index (χ1v) is 12.6. The van der Waals surface area contributed by atoms with Gasteiger partial charge in [-0.25, -0.2) is 9.13 Å². The van der Waals surface area contributed by atoms with E-state index in [0.717, 1.165) is 0 Å². The van der Waals surface area contributed by atoms with Crippen LogP contribution < -0.4 is 0 Å². The van der Waals surface area contributed by atoms with Gasteiger partial charge in [0.05, 0.1) is 37.7 Å². The second-order valence-corrected chi connectivity index (χ2v) is 9.34. The van der Waals surface area contributed by atoms with Crippen LogP contribution in [-0.2, 0) is 55.4 Å². The van der Waals surface area contributed by atoms with E-state index in [2.05, 4.69) is 29.0 Å². The quantitative estimate of drug-likeness (QED) is 0.123. The molecule has 1 radical (unpaired) electrons. The molecule has 0 saturated carbocycles. The summed E-state index contributed by atoms with van der Waals surface area (Å²) >= 11 is 0. The van der Waals surface area contributed by atoms with Gasteiger partial charge in [0.2, 0.25) is 0 Å². The average molecular weight is 585 g/mol. The van der Waals surface area contributed by atoms with E-state index in [1.165, 1.54) is 24.8 Å². The van der Waals surface area contributed by atoms with Crippen molar-refractivity contribution in [1.29, 1.82) is 0 Å². The second kappa shape index (κ2) is 14.7. The van der Waals surface area contributed by atoms with Gasteiger partial charge in [0.25, 0.3) is 0 Å². The van der Waals surface area contributed by atoms with Gasteiger partial charge >= 0.3 is 15.6 Å². The molecule has 0 aliphatic heterocycles. The molecule has 0 aromatic carbocycles. The minimum absolute atomic E-state index is 0. The van der Waals surface area contributed by atoms with Gasteiger partial charge in [0, 0.05) is 65.6 Å². The summed E-state index contributed by atoms with van der Waals surface area (Å²) in [6, 6.07) is 0. The molecule has 36 heavy (non-hydrogen) atoms. The Morgan fingerprint density at radius 1 is 0.806 bits per heavy atom. The fourth-order valence-corrected chi connectivity index (χ4v) is 3.17. The summed E-state index contributed by atoms with van der Waals surface area (Å²) in [7, 11) is -9.45. The van der Waals surface area contributed by atoms with Gasteiger partial charge in [0.15, 0.2) is 0 Å². The van der Waals surface area contributed by atoms with Crippen molar-refractivity contribution in [2.75, 3.05) is 13.1 Å². The molecule has 0 fully saturated rings. The maximum atomic E-state index is 10.9. The average Bonchev–Trinajstić information content (AvgIpc) is 2.73. The Labute approximate surface area is 217 Å². The predicted molar refractivity (Wildman–Crippen MR) is 121 cm³/mol. The van der Waals surface area contributed by atoms with Crippen LogP contribution in [0.1, 0.15) is 33.6 Å². The number of phosphoric acid groups is 2. The molecule has 0 aliphatic carbocycles. The van der Waals surface area contributed by atoms with Gasteiger partial charge < -0.3 is 35.3 Å². The maximum absolute atomic E-state index is 10.9. The van der Waals surface area contributed by atoms with Crippen LogP contribution in [-0.4, -0.2) is 65.3 Å². The van der Waals surface area contributed by atoms with Gasteiger partial charge in [0.1, 0.15) is 11.5 Å². The van der Waals surface area contributed by atoms with Crippen molar-refractivity contribution in [3.05, 3.63) is 46.0 Å². The first-order valence-electron chi connectivity index (χ1n) is 9.53. The van der Waals surface area contributed by atoms with E-state index in [9.17, 15) is 19.3 Å². The Balaban J connectivity index is 0.00000612. The van der Waals surface area contributed by atoms with Gasteiger partial charge in [-0.15, -0.1) is 0 Å². The SMILES string of the molecule is Cc1ncc(COP(=O)(O)O)c(C=NCCN=Cc2c(COP(=O)(O)O)cnc(C)c2O)c1O.[O-2].[V]. The van der Waals surface area contributed by atoms with Crippen molar-refractivity contribution >= 4 is 28.1 Å². The Morgan fingerprint density at radius 2 is 1.14 bits per heavy atom. The Kier molecular flexibility index (Phi) is 13.9. The Morgan fingerprint density at radius 3 is 1.44 bits per heavy atom. The number of aromatic hydroxyl groups is 2. The van der Waals surface area contributed by atoms with Gasteiger partial charge in [-0.2, -0.15) is 0 Å². The van der Waals surface area contributed by atoms with Crippen molar-refractivity contribution in [1.82, 2.24) is 9.97 Å². The molecule has 0 aliphatic rings. The van der Waals surface area contributed by atoms with E-state index < -0.39 is 28.9 Å². The van der Waals surface area contributed by atoms with Crippen LogP contribution >= 0.6 is 15.6 Å². The number of aliphatic imine (C=N–C) groups is 2. The molecule has 18 heteroatoms. The zero-order valence-electron chi connectivity index (χ0n) is 19.0. The van der Waals surface area contributed by atoms with Gasteiger partial charge in [-0.1, -0.05) is 0 Å². The maximum Gasteiger partial charge on any atom is 0.469 e. The van der Waals surface area contributed by atoms with Crippen LogP contribution in [0.2, 0.25) is 0 Å². The number of rotatable bonds is 11. The number of nitrogens with zero attached hydrogens (tertiary/aromatic N) is 4. The van der Waals surface area contributed by atoms with E-state index in [-0.39, 0.29) is 82.3 Å². The van der Waals surface area contributed by atoms with Crippen LogP contribution in [0.15, 0.2) is 22.4 Å². The van der Waals surface area contributed by atoms with E-state index in [1.54, 1.807) is 13.8 Å². The molecule has 199 valence electrons. The van der Waals surface area contributed by atoms with E-state index in [4.69, 9.17) is 19.6 Å². The Hall–Kier alpha value is -2.00. The van der Waals surface area contributed by atoms with Gasteiger partial charge in [-0.05, 0) is 13.8 Å². The first-order chi connectivity index (χ1) is 15.8. The number of pyridine rings is 2. The minimum atomic E-state index is -4.72. The van der Waals surface area contributed by atoms with E-state index >= 15 is 0 Å². The second-order valence-electron chi connectivity index (χ2n) is 6.86. The molecular formula is C18H24N4O11P2V-2. The topological polar surface area (TPSA) is 253 Å². The number of hydrogen-bond acceptors (Lipinski definition) is 10.